The van der Waals surface area contributed by atoms with Gasteiger partial charge in [-0.3, -0.25) is 0 Å². The molecular formula is C17H34. The van der Waals surface area contributed by atoms with Gasteiger partial charge in [0.05, 0.1) is 0 Å². The van der Waals surface area contributed by atoms with Crippen LogP contribution in [0.15, 0.2) is 0 Å². The summed E-state index contributed by atoms with van der Waals surface area (Å²) in [6.07, 6.45) is 6.99. The van der Waals surface area contributed by atoms with Gasteiger partial charge in [0.25, 0.3) is 0 Å². The lowest BCUT2D eigenvalue weighted by atomic mass is 9.49. The molecule has 0 N–H and O–H groups in total. The molecule has 0 bridgehead atoms. The maximum atomic E-state index is 2.57. The summed E-state index contributed by atoms with van der Waals surface area (Å²) < 4.78 is 0. The number of rotatable bonds is 4. The van der Waals surface area contributed by atoms with E-state index >= 15 is 0 Å². The van der Waals surface area contributed by atoms with E-state index < -0.39 is 0 Å². The zero-order chi connectivity index (χ0) is 13.3. The van der Waals surface area contributed by atoms with Gasteiger partial charge in [-0.05, 0) is 47.8 Å². The molecule has 1 fully saturated rings. The highest BCUT2D eigenvalue weighted by Crippen LogP contribution is 2.58. The zero-order valence-corrected chi connectivity index (χ0v) is 13.3. The molecule has 0 aromatic rings. The molecule has 0 saturated heterocycles. The van der Waals surface area contributed by atoms with E-state index in [1.807, 2.05) is 0 Å². The van der Waals surface area contributed by atoms with Gasteiger partial charge < -0.3 is 0 Å². The van der Waals surface area contributed by atoms with Gasteiger partial charge in [-0.25, -0.2) is 0 Å². The van der Waals surface area contributed by atoms with Gasteiger partial charge in [-0.15, -0.1) is 0 Å². The van der Waals surface area contributed by atoms with E-state index in [0.29, 0.717) is 10.8 Å². The maximum Gasteiger partial charge on any atom is -0.0246 e. The summed E-state index contributed by atoms with van der Waals surface area (Å²) in [5.41, 5.74) is 1.04. The average Bonchev–Trinajstić information content (AvgIpc) is 2.25. The standard InChI is InChI=1S/C17H34/c1-8-13(3)11-17(7)14(4)10-15(9-2)12-16(17,5)6/h13-15H,8-12H2,1-7H3. The third kappa shape index (κ3) is 2.88. The molecule has 4 unspecified atom stereocenters. The third-order valence-corrected chi connectivity index (χ3v) is 6.17. The van der Waals surface area contributed by atoms with Gasteiger partial charge in [0.2, 0.25) is 0 Å². The molecule has 4 atom stereocenters. The second kappa shape index (κ2) is 5.33. The minimum absolute atomic E-state index is 0.509. The summed E-state index contributed by atoms with van der Waals surface area (Å²) in [4.78, 5) is 0. The van der Waals surface area contributed by atoms with Crippen LogP contribution in [0.2, 0.25) is 0 Å². The molecule has 1 rings (SSSR count). The van der Waals surface area contributed by atoms with Crippen LogP contribution in [0, 0.1) is 28.6 Å². The van der Waals surface area contributed by atoms with Crippen LogP contribution in [0.5, 0.6) is 0 Å². The molecule has 102 valence electrons. The molecule has 0 amide bonds. The fourth-order valence-corrected chi connectivity index (χ4v) is 4.12. The van der Waals surface area contributed by atoms with Gasteiger partial charge in [0.1, 0.15) is 0 Å². The fourth-order valence-electron chi connectivity index (χ4n) is 4.12. The second-order valence-corrected chi connectivity index (χ2v) is 7.63. The van der Waals surface area contributed by atoms with Crippen LogP contribution in [-0.4, -0.2) is 0 Å². The van der Waals surface area contributed by atoms with Crippen molar-refractivity contribution in [2.24, 2.45) is 28.6 Å². The van der Waals surface area contributed by atoms with Crippen molar-refractivity contribution in [3.63, 3.8) is 0 Å². The maximum absolute atomic E-state index is 2.57. The Morgan fingerprint density at radius 1 is 1.18 bits per heavy atom. The first-order valence-corrected chi connectivity index (χ1v) is 7.76. The molecule has 1 aliphatic rings. The van der Waals surface area contributed by atoms with Crippen LogP contribution in [0.4, 0.5) is 0 Å². The van der Waals surface area contributed by atoms with Crippen molar-refractivity contribution >= 4 is 0 Å². The lowest BCUT2D eigenvalue weighted by molar-refractivity contribution is -0.0609. The Kier molecular flexibility index (Phi) is 4.72. The first kappa shape index (κ1) is 15.1. The average molecular weight is 238 g/mol. The third-order valence-electron chi connectivity index (χ3n) is 6.17. The molecule has 1 saturated carbocycles. The van der Waals surface area contributed by atoms with E-state index in [1.165, 1.54) is 32.1 Å². The van der Waals surface area contributed by atoms with Crippen molar-refractivity contribution in [3.05, 3.63) is 0 Å². The lowest BCUT2D eigenvalue weighted by Gasteiger charge is -2.56. The minimum atomic E-state index is 0.509. The monoisotopic (exact) mass is 238 g/mol. The SMILES string of the molecule is CCC(C)CC1(C)C(C)CC(CC)CC1(C)C. The predicted molar refractivity (Wildman–Crippen MR) is 78.1 cm³/mol. The molecule has 0 aromatic carbocycles. The van der Waals surface area contributed by atoms with Crippen LogP contribution in [0.1, 0.15) is 80.6 Å². The molecule has 0 spiro atoms. The topological polar surface area (TPSA) is 0 Å². The van der Waals surface area contributed by atoms with Crippen molar-refractivity contribution in [2.75, 3.05) is 0 Å². The molecule has 0 heterocycles. The molecule has 0 heteroatoms. The highest BCUT2D eigenvalue weighted by atomic mass is 14.5. The first-order valence-electron chi connectivity index (χ1n) is 7.76. The Labute approximate surface area is 110 Å². The molecule has 0 radical (unpaired) electrons. The van der Waals surface area contributed by atoms with Crippen LogP contribution in [0.25, 0.3) is 0 Å². The van der Waals surface area contributed by atoms with Gasteiger partial charge >= 0.3 is 0 Å². The summed E-state index contributed by atoms with van der Waals surface area (Å²) in [5, 5.41) is 0. The zero-order valence-electron chi connectivity index (χ0n) is 13.3. The minimum Gasteiger partial charge on any atom is -0.0651 e. The molecule has 0 nitrogen and oxygen atoms in total. The molecule has 1 aliphatic carbocycles. The highest BCUT2D eigenvalue weighted by Gasteiger charge is 2.49. The van der Waals surface area contributed by atoms with Crippen LogP contribution in [0.3, 0.4) is 0 Å². The van der Waals surface area contributed by atoms with Gasteiger partial charge in [-0.2, -0.15) is 0 Å². The van der Waals surface area contributed by atoms with Gasteiger partial charge in [0, 0.05) is 0 Å². The molecular weight excluding hydrogens is 204 g/mol. The quantitative estimate of drug-likeness (QED) is 0.571. The number of hydrogen-bond donors (Lipinski definition) is 0. The molecule has 17 heavy (non-hydrogen) atoms. The predicted octanol–water partition coefficient (Wildman–Crippen LogP) is 5.91. The van der Waals surface area contributed by atoms with E-state index in [-0.39, 0.29) is 0 Å². The smallest absolute Gasteiger partial charge is 0.0246 e. The second-order valence-electron chi connectivity index (χ2n) is 7.63. The van der Waals surface area contributed by atoms with E-state index in [2.05, 4.69) is 48.5 Å². The van der Waals surface area contributed by atoms with Crippen molar-refractivity contribution in [1.82, 2.24) is 0 Å². The Balaban J connectivity index is 2.88. The Morgan fingerprint density at radius 3 is 2.18 bits per heavy atom. The van der Waals surface area contributed by atoms with Gasteiger partial charge in [0.15, 0.2) is 0 Å². The Bertz CT molecular complexity index is 240. The summed E-state index contributed by atoms with van der Waals surface area (Å²) in [7, 11) is 0. The Hall–Kier alpha value is 0. The van der Waals surface area contributed by atoms with Crippen molar-refractivity contribution < 1.29 is 0 Å². The van der Waals surface area contributed by atoms with Crippen molar-refractivity contribution in [2.45, 2.75) is 80.6 Å². The summed E-state index contributed by atoms with van der Waals surface area (Å²) in [6.45, 7) is 17.2. The largest absolute Gasteiger partial charge is 0.0651 e. The van der Waals surface area contributed by atoms with E-state index in [1.54, 1.807) is 0 Å². The van der Waals surface area contributed by atoms with E-state index in [4.69, 9.17) is 0 Å². The molecule has 0 aromatic heterocycles. The van der Waals surface area contributed by atoms with E-state index in [9.17, 15) is 0 Å². The normalized spacial score (nSPS) is 39.0. The Morgan fingerprint density at radius 2 is 1.76 bits per heavy atom. The van der Waals surface area contributed by atoms with Crippen LogP contribution in [-0.2, 0) is 0 Å². The lowest BCUT2D eigenvalue weighted by Crippen LogP contribution is -2.47. The van der Waals surface area contributed by atoms with Crippen LogP contribution < -0.4 is 0 Å². The molecule has 0 aliphatic heterocycles. The summed E-state index contributed by atoms with van der Waals surface area (Å²) in [6, 6.07) is 0. The van der Waals surface area contributed by atoms with Crippen molar-refractivity contribution in [3.8, 4) is 0 Å². The fraction of sp³-hybridized carbons (Fsp3) is 1.00. The van der Waals surface area contributed by atoms with E-state index in [0.717, 1.165) is 17.8 Å². The van der Waals surface area contributed by atoms with Crippen LogP contribution >= 0.6 is 0 Å². The highest BCUT2D eigenvalue weighted by molar-refractivity contribution is 4.99. The number of hydrogen-bond acceptors (Lipinski definition) is 0. The summed E-state index contributed by atoms with van der Waals surface area (Å²) in [5.74, 6) is 2.72. The van der Waals surface area contributed by atoms with Gasteiger partial charge in [-0.1, -0.05) is 61.3 Å². The van der Waals surface area contributed by atoms with Crippen molar-refractivity contribution in [1.29, 1.82) is 0 Å². The summed E-state index contributed by atoms with van der Waals surface area (Å²) >= 11 is 0. The first-order chi connectivity index (χ1) is 7.76.